The van der Waals surface area contributed by atoms with Gasteiger partial charge in [-0.2, -0.15) is 0 Å². The van der Waals surface area contributed by atoms with Gasteiger partial charge in [-0.1, -0.05) is 69.6 Å². The van der Waals surface area contributed by atoms with Crippen molar-refractivity contribution < 1.29 is 39.6 Å². The van der Waals surface area contributed by atoms with Crippen molar-refractivity contribution in [2.24, 2.45) is 21.7 Å². The summed E-state index contributed by atoms with van der Waals surface area (Å²) in [4.78, 5) is 46.9. The first-order valence-electron chi connectivity index (χ1n) is 23.4. The normalized spacial score (nSPS) is 15.5. The molecule has 0 spiro atoms. The third-order valence-electron chi connectivity index (χ3n) is 14.6. The Bertz CT molecular complexity index is 1810. The van der Waals surface area contributed by atoms with Gasteiger partial charge in [0.05, 0.1) is 21.7 Å². The number of aliphatic carboxylic acids is 4. The van der Waals surface area contributed by atoms with Gasteiger partial charge in [0, 0.05) is 0 Å². The number of aryl methyl sites for hydroxylation is 5. The van der Waals surface area contributed by atoms with Crippen LogP contribution in [0, 0.1) is 42.4 Å². The summed E-state index contributed by atoms with van der Waals surface area (Å²) < 4.78 is 0. The highest BCUT2D eigenvalue weighted by molar-refractivity contribution is 5.78. The maximum Gasteiger partial charge on any atom is 0.309 e. The van der Waals surface area contributed by atoms with Crippen molar-refractivity contribution >= 4 is 23.9 Å². The summed E-state index contributed by atoms with van der Waals surface area (Å²) in [6.45, 7) is 14.0. The van der Waals surface area contributed by atoms with Crippen LogP contribution in [0.25, 0.3) is 0 Å². The van der Waals surface area contributed by atoms with E-state index in [0.29, 0.717) is 12.8 Å². The highest BCUT2D eigenvalue weighted by Gasteiger charge is 2.50. The first-order valence-corrected chi connectivity index (χ1v) is 23.4. The highest BCUT2D eigenvalue weighted by Crippen LogP contribution is 2.51. The van der Waals surface area contributed by atoms with Crippen LogP contribution in [0.5, 0.6) is 0 Å². The van der Waals surface area contributed by atoms with Gasteiger partial charge in [-0.3, -0.25) is 19.2 Å². The Morgan fingerprint density at radius 1 is 0.483 bits per heavy atom. The first-order chi connectivity index (χ1) is 28.2. The molecule has 0 heterocycles. The van der Waals surface area contributed by atoms with Crippen molar-refractivity contribution in [3.8, 4) is 0 Å². The second-order valence-corrected chi connectivity index (χ2v) is 20.5. The number of carbonyl (C=O) groups is 4. The Hall–Kier alpha value is -3.68. The number of benzene rings is 2. The second-order valence-electron chi connectivity index (χ2n) is 20.5. The summed E-state index contributed by atoms with van der Waals surface area (Å²) in [6.07, 6.45) is 22.4. The number of carboxylic acid groups (broad SMARTS) is 4. The first kappa shape index (κ1) is 49.0. The maximum atomic E-state index is 11.8. The molecule has 4 N–H and O–H groups in total. The van der Waals surface area contributed by atoms with E-state index in [-0.39, 0.29) is 0 Å². The average Bonchev–Trinajstić information content (AvgIpc) is 4.11. The Kier molecular flexibility index (Phi) is 17.5. The molecule has 8 nitrogen and oxygen atoms in total. The molecule has 0 saturated heterocycles. The van der Waals surface area contributed by atoms with Gasteiger partial charge in [-0.15, -0.1) is 0 Å². The molecule has 2 aromatic carbocycles. The van der Waals surface area contributed by atoms with Crippen LogP contribution in [0.1, 0.15) is 206 Å². The maximum absolute atomic E-state index is 11.8. The van der Waals surface area contributed by atoms with Gasteiger partial charge in [0.25, 0.3) is 0 Å². The molecular formula is C52H78O8. The Morgan fingerprint density at radius 2 is 0.900 bits per heavy atom. The van der Waals surface area contributed by atoms with Gasteiger partial charge in [0.1, 0.15) is 0 Å². The summed E-state index contributed by atoms with van der Waals surface area (Å²) in [7, 11) is 0. The van der Waals surface area contributed by atoms with Crippen molar-refractivity contribution in [1.29, 1.82) is 0 Å². The zero-order chi connectivity index (χ0) is 44.3. The van der Waals surface area contributed by atoms with Gasteiger partial charge in [-0.05, 0) is 208 Å². The lowest BCUT2D eigenvalue weighted by molar-refractivity contribution is -0.148. The molecule has 0 bridgehead atoms. The minimum Gasteiger partial charge on any atom is -0.481 e. The molecule has 60 heavy (non-hydrogen) atoms. The second kappa shape index (κ2) is 21.4. The average molecular weight is 831 g/mol. The van der Waals surface area contributed by atoms with Gasteiger partial charge in [0.2, 0.25) is 0 Å². The quantitative estimate of drug-likeness (QED) is 0.0569. The molecule has 2 aliphatic carbocycles. The van der Waals surface area contributed by atoms with Gasteiger partial charge in [-0.25, -0.2) is 0 Å². The lowest BCUT2D eigenvalue weighted by Crippen LogP contribution is -2.23. The summed E-state index contributed by atoms with van der Waals surface area (Å²) in [5.74, 6) is -2.77. The van der Waals surface area contributed by atoms with Crippen molar-refractivity contribution in [3.63, 3.8) is 0 Å². The molecule has 0 aliphatic heterocycles. The lowest BCUT2D eigenvalue weighted by Gasteiger charge is -2.23. The molecule has 334 valence electrons. The van der Waals surface area contributed by atoms with E-state index in [1.165, 1.54) is 50.1 Å². The van der Waals surface area contributed by atoms with E-state index in [1.807, 2.05) is 13.8 Å². The van der Waals surface area contributed by atoms with Crippen LogP contribution in [0.3, 0.4) is 0 Å². The van der Waals surface area contributed by atoms with E-state index in [9.17, 15) is 39.6 Å². The Morgan fingerprint density at radius 3 is 1.35 bits per heavy atom. The molecule has 0 unspecified atom stereocenters. The number of carboxylic acids is 4. The molecule has 0 aromatic heterocycles. The predicted octanol–water partition coefficient (Wildman–Crippen LogP) is 12.6. The molecule has 2 aromatic rings. The number of unbranched alkanes of at least 4 members (excludes halogenated alkanes) is 8. The fourth-order valence-electron chi connectivity index (χ4n) is 9.36. The standard InChI is InChI=1S/C52H78O8/c1-36-32-41(22-14-9-17-25-50(6,7)46(55)56)42(34-39(36)20-12-10-18-26-51(28-29-51)47(57)58)35-44-38(3)40(21-13-8-16-24-49(4,5)45(53)54)33-37(2)43(44)23-15-11-19-27-52(30-31-52)48(59)60/h32-34H,8-31,35H2,1-7H3,(H,53,54)(H,55,56)(H,57,58)(H,59,60). The Balaban J connectivity index is 1.57. The molecule has 0 atom stereocenters. The van der Waals surface area contributed by atoms with Crippen molar-refractivity contribution in [2.75, 3.05) is 0 Å². The number of hydrogen-bond donors (Lipinski definition) is 4. The van der Waals surface area contributed by atoms with E-state index < -0.39 is 45.5 Å². The minimum absolute atomic E-state index is 0.467. The largest absolute Gasteiger partial charge is 0.481 e. The summed E-state index contributed by atoms with van der Waals surface area (Å²) in [5.41, 5.74) is 9.84. The third-order valence-corrected chi connectivity index (χ3v) is 14.6. The van der Waals surface area contributed by atoms with Crippen molar-refractivity contribution in [3.05, 3.63) is 68.3 Å². The summed E-state index contributed by atoms with van der Waals surface area (Å²) in [5, 5.41) is 38.6. The van der Waals surface area contributed by atoms with Crippen LogP contribution in [0.2, 0.25) is 0 Å². The SMILES string of the molecule is Cc1cc(CCCCCC(C)(C)C(=O)O)c(Cc2c(C)c(CCCCCC(C)(C)C(=O)O)cc(C)c2CCCCCC2(C(=O)O)CC2)cc1CCCCCC1(C(=O)O)CC1. The van der Waals surface area contributed by atoms with E-state index in [1.54, 1.807) is 13.8 Å². The molecule has 0 radical (unpaired) electrons. The van der Waals surface area contributed by atoms with Crippen molar-refractivity contribution in [1.82, 2.24) is 0 Å². The zero-order valence-electron chi connectivity index (χ0n) is 38.3. The van der Waals surface area contributed by atoms with Gasteiger partial charge in [0.15, 0.2) is 0 Å². The fraction of sp³-hybridized carbons (Fsp3) is 0.692. The molecule has 8 heteroatoms. The molecule has 4 rings (SSSR count). The summed E-state index contributed by atoms with van der Waals surface area (Å²) in [6, 6.07) is 7.24. The van der Waals surface area contributed by atoms with Crippen LogP contribution in [0.15, 0.2) is 18.2 Å². The van der Waals surface area contributed by atoms with Crippen molar-refractivity contribution in [2.45, 2.75) is 209 Å². The molecular weight excluding hydrogens is 753 g/mol. The van der Waals surface area contributed by atoms with Gasteiger partial charge < -0.3 is 20.4 Å². The van der Waals surface area contributed by atoms with E-state index in [4.69, 9.17) is 0 Å². The van der Waals surface area contributed by atoms with Crippen LogP contribution in [-0.4, -0.2) is 44.3 Å². The molecule has 2 fully saturated rings. The van der Waals surface area contributed by atoms with Crippen LogP contribution >= 0.6 is 0 Å². The number of hydrogen-bond acceptors (Lipinski definition) is 4. The van der Waals surface area contributed by atoms with E-state index >= 15 is 0 Å². The molecule has 2 saturated carbocycles. The molecule has 2 aliphatic rings. The van der Waals surface area contributed by atoms with E-state index in [0.717, 1.165) is 148 Å². The lowest BCUT2D eigenvalue weighted by atomic mass is 9.82. The molecule has 0 amide bonds. The minimum atomic E-state index is -0.747. The third kappa shape index (κ3) is 13.7. The topological polar surface area (TPSA) is 149 Å². The Labute approximate surface area is 361 Å². The van der Waals surface area contributed by atoms with Crippen LogP contribution in [-0.2, 0) is 51.3 Å². The van der Waals surface area contributed by atoms with Crippen LogP contribution < -0.4 is 0 Å². The predicted molar refractivity (Wildman–Crippen MR) is 240 cm³/mol. The van der Waals surface area contributed by atoms with Crippen LogP contribution in [0.4, 0.5) is 0 Å². The summed E-state index contributed by atoms with van der Waals surface area (Å²) >= 11 is 0. The zero-order valence-corrected chi connectivity index (χ0v) is 38.3. The smallest absolute Gasteiger partial charge is 0.309 e. The van der Waals surface area contributed by atoms with Gasteiger partial charge >= 0.3 is 23.9 Å². The fourth-order valence-corrected chi connectivity index (χ4v) is 9.36. The highest BCUT2D eigenvalue weighted by atomic mass is 16.4. The van der Waals surface area contributed by atoms with E-state index in [2.05, 4.69) is 39.0 Å². The number of rotatable bonds is 30. The monoisotopic (exact) mass is 831 g/mol.